The Hall–Kier alpha value is -0.580. The third-order valence-corrected chi connectivity index (χ3v) is 2.52. The molecule has 0 heterocycles. The van der Waals surface area contributed by atoms with Crippen molar-refractivity contribution in [2.45, 2.75) is 19.4 Å². The lowest BCUT2D eigenvalue weighted by Crippen LogP contribution is -2.17. The Balaban J connectivity index is 0.00000225. The molecule has 0 fully saturated rings. The van der Waals surface area contributed by atoms with Crippen molar-refractivity contribution in [3.8, 4) is 0 Å². The molecule has 3 nitrogen and oxygen atoms in total. The zero-order valence-electron chi connectivity index (χ0n) is 8.98. The molecule has 0 aliphatic carbocycles. The molecule has 0 unspecified atom stereocenters. The highest BCUT2D eigenvalue weighted by molar-refractivity contribution is 9.10. The van der Waals surface area contributed by atoms with Crippen LogP contribution in [-0.4, -0.2) is 12.6 Å². The summed E-state index contributed by atoms with van der Waals surface area (Å²) in [4.78, 5) is 11.2. The predicted molar refractivity (Wildman–Crippen MR) is 69.6 cm³/mol. The van der Waals surface area contributed by atoms with Crippen LogP contribution in [0.2, 0.25) is 0 Å². The van der Waals surface area contributed by atoms with Gasteiger partial charge in [-0.3, -0.25) is 4.79 Å². The van der Waals surface area contributed by atoms with Crippen LogP contribution in [0.1, 0.15) is 24.9 Å². The van der Waals surface area contributed by atoms with Crippen LogP contribution in [0.15, 0.2) is 28.7 Å². The van der Waals surface area contributed by atoms with Crippen molar-refractivity contribution in [1.82, 2.24) is 0 Å². The van der Waals surface area contributed by atoms with E-state index in [0.717, 1.165) is 10.0 Å². The van der Waals surface area contributed by atoms with Crippen LogP contribution in [0.3, 0.4) is 0 Å². The maximum atomic E-state index is 11.2. The first kappa shape index (κ1) is 15.4. The number of esters is 1. The van der Waals surface area contributed by atoms with Crippen molar-refractivity contribution in [2.24, 2.45) is 5.73 Å². The van der Waals surface area contributed by atoms with Gasteiger partial charge in [0.15, 0.2) is 0 Å². The molecule has 2 N–H and O–H groups in total. The number of hydrogen-bond acceptors (Lipinski definition) is 3. The standard InChI is InChI=1S/C11H14BrNO2.ClH/c1-2-15-11(14)7-10(13)8-3-5-9(12)6-4-8;/h3-6,10H,2,7,13H2,1H3;1H/t10-;/m0./s1. The Morgan fingerprint density at radius 2 is 2.00 bits per heavy atom. The summed E-state index contributed by atoms with van der Waals surface area (Å²) in [6, 6.07) is 7.31. The SMILES string of the molecule is CCOC(=O)C[C@H](N)c1ccc(Br)cc1.Cl. The summed E-state index contributed by atoms with van der Waals surface area (Å²) in [7, 11) is 0. The van der Waals surface area contributed by atoms with Crippen LogP contribution in [-0.2, 0) is 9.53 Å². The lowest BCUT2D eigenvalue weighted by atomic mass is 10.1. The largest absolute Gasteiger partial charge is 0.466 e. The molecule has 0 spiro atoms. The number of carbonyl (C=O) groups is 1. The van der Waals surface area contributed by atoms with E-state index in [0.29, 0.717) is 6.61 Å². The van der Waals surface area contributed by atoms with E-state index in [-0.39, 0.29) is 30.8 Å². The quantitative estimate of drug-likeness (QED) is 0.870. The fourth-order valence-corrected chi connectivity index (χ4v) is 1.49. The van der Waals surface area contributed by atoms with Crippen LogP contribution >= 0.6 is 28.3 Å². The maximum absolute atomic E-state index is 11.2. The van der Waals surface area contributed by atoms with Crippen molar-refractivity contribution in [1.29, 1.82) is 0 Å². The average molecular weight is 309 g/mol. The summed E-state index contributed by atoms with van der Waals surface area (Å²) < 4.78 is 5.82. The molecule has 0 saturated heterocycles. The Morgan fingerprint density at radius 1 is 1.44 bits per heavy atom. The molecule has 1 rings (SSSR count). The van der Waals surface area contributed by atoms with Gasteiger partial charge in [-0.25, -0.2) is 0 Å². The van der Waals surface area contributed by atoms with Crippen molar-refractivity contribution in [2.75, 3.05) is 6.61 Å². The van der Waals surface area contributed by atoms with E-state index < -0.39 is 0 Å². The van der Waals surface area contributed by atoms with Gasteiger partial charge < -0.3 is 10.5 Å². The molecule has 1 atom stereocenters. The molecule has 0 saturated carbocycles. The van der Waals surface area contributed by atoms with Gasteiger partial charge in [0.1, 0.15) is 0 Å². The van der Waals surface area contributed by atoms with Crippen LogP contribution in [0.5, 0.6) is 0 Å². The van der Waals surface area contributed by atoms with Gasteiger partial charge in [0, 0.05) is 10.5 Å². The third-order valence-electron chi connectivity index (χ3n) is 1.99. The Kier molecular flexibility index (Phi) is 7.38. The molecule has 5 heteroatoms. The van der Waals surface area contributed by atoms with Crippen molar-refractivity contribution >= 4 is 34.3 Å². The highest BCUT2D eigenvalue weighted by atomic mass is 79.9. The summed E-state index contributed by atoms with van der Waals surface area (Å²) >= 11 is 3.34. The van der Waals surface area contributed by atoms with Crippen LogP contribution < -0.4 is 5.73 Å². The molecular formula is C11H15BrClNO2. The number of ether oxygens (including phenoxy) is 1. The van der Waals surface area contributed by atoms with E-state index in [9.17, 15) is 4.79 Å². The summed E-state index contributed by atoms with van der Waals surface area (Å²) in [5, 5.41) is 0. The van der Waals surface area contributed by atoms with E-state index in [1.54, 1.807) is 6.92 Å². The summed E-state index contributed by atoms with van der Waals surface area (Å²) in [6.07, 6.45) is 0.218. The smallest absolute Gasteiger partial charge is 0.307 e. The first-order chi connectivity index (χ1) is 7.13. The summed E-state index contributed by atoms with van der Waals surface area (Å²) in [5.74, 6) is -0.257. The van der Waals surface area contributed by atoms with E-state index >= 15 is 0 Å². The number of benzene rings is 1. The molecule has 0 aromatic heterocycles. The van der Waals surface area contributed by atoms with Crippen LogP contribution in [0.4, 0.5) is 0 Å². The zero-order valence-corrected chi connectivity index (χ0v) is 11.4. The molecule has 1 aromatic carbocycles. The average Bonchev–Trinajstić information content (AvgIpc) is 2.18. The Labute approximate surface area is 110 Å². The molecule has 16 heavy (non-hydrogen) atoms. The van der Waals surface area contributed by atoms with Gasteiger partial charge in [-0.1, -0.05) is 28.1 Å². The second kappa shape index (κ2) is 7.65. The fourth-order valence-electron chi connectivity index (χ4n) is 1.23. The van der Waals surface area contributed by atoms with Gasteiger partial charge >= 0.3 is 5.97 Å². The second-order valence-corrected chi connectivity index (χ2v) is 4.08. The minimum absolute atomic E-state index is 0. The van der Waals surface area contributed by atoms with Gasteiger partial charge in [-0.05, 0) is 24.6 Å². The first-order valence-electron chi connectivity index (χ1n) is 4.80. The number of hydrogen-bond donors (Lipinski definition) is 1. The second-order valence-electron chi connectivity index (χ2n) is 3.17. The summed E-state index contributed by atoms with van der Waals surface area (Å²) in [6.45, 7) is 2.18. The molecule has 90 valence electrons. The number of halogens is 2. The Bertz CT molecular complexity index is 329. The molecule has 1 aromatic rings. The molecule has 0 aliphatic rings. The van der Waals surface area contributed by atoms with Crippen LogP contribution in [0, 0.1) is 0 Å². The van der Waals surface area contributed by atoms with Gasteiger partial charge in [0.2, 0.25) is 0 Å². The molecule has 0 amide bonds. The number of nitrogens with two attached hydrogens (primary N) is 1. The maximum Gasteiger partial charge on any atom is 0.307 e. The normalized spacial score (nSPS) is 11.4. The van der Waals surface area contributed by atoms with E-state index in [2.05, 4.69) is 15.9 Å². The first-order valence-corrected chi connectivity index (χ1v) is 5.59. The number of rotatable bonds is 4. The van der Waals surface area contributed by atoms with E-state index in [1.807, 2.05) is 24.3 Å². The van der Waals surface area contributed by atoms with Gasteiger partial charge in [0.25, 0.3) is 0 Å². The highest BCUT2D eigenvalue weighted by Crippen LogP contribution is 2.17. The van der Waals surface area contributed by atoms with Crippen molar-refractivity contribution in [3.63, 3.8) is 0 Å². The Morgan fingerprint density at radius 3 is 2.50 bits per heavy atom. The van der Waals surface area contributed by atoms with E-state index in [1.165, 1.54) is 0 Å². The third kappa shape index (κ3) is 4.96. The zero-order chi connectivity index (χ0) is 11.3. The lowest BCUT2D eigenvalue weighted by Gasteiger charge is -2.10. The fraction of sp³-hybridized carbons (Fsp3) is 0.364. The van der Waals surface area contributed by atoms with Crippen LogP contribution in [0.25, 0.3) is 0 Å². The van der Waals surface area contributed by atoms with Gasteiger partial charge in [-0.15, -0.1) is 12.4 Å². The topological polar surface area (TPSA) is 52.3 Å². The number of carbonyl (C=O) groups excluding carboxylic acids is 1. The van der Waals surface area contributed by atoms with Gasteiger partial charge in [0.05, 0.1) is 13.0 Å². The summed E-state index contributed by atoms with van der Waals surface area (Å²) in [5.41, 5.74) is 6.80. The van der Waals surface area contributed by atoms with E-state index in [4.69, 9.17) is 10.5 Å². The molecular weight excluding hydrogens is 293 g/mol. The van der Waals surface area contributed by atoms with Crippen molar-refractivity contribution < 1.29 is 9.53 Å². The predicted octanol–water partition coefficient (Wildman–Crippen LogP) is 2.82. The molecule has 0 radical (unpaired) electrons. The molecule has 0 bridgehead atoms. The highest BCUT2D eigenvalue weighted by Gasteiger charge is 2.11. The monoisotopic (exact) mass is 307 g/mol. The minimum Gasteiger partial charge on any atom is -0.466 e. The van der Waals surface area contributed by atoms with Gasteiger partial charge in [-0.2, -0.15) is 0 Å². The molecule has 0 aliphatic heterocycles. The van der Waals surface area contributed by atoms with Crippen molar-refractivity contribution in [3.05, 3.63) is 34.3 Å². The minimum atomic E-state index is -0.294. The lowest BCUT2D eigenvalue weighted by molar-refractivity contribution is -0.143.